The largest absolute Gasteiger partial charge is 0.318 e. The SMILES string of the molecule is Cc1c(NS(=O)(=O)c2cc(F)cc3c2CCC3C)ccc(F)c1-c1ccc2c(c1F)NNC2C1NCCN1C. The van der Waals surface area contributed by atoms with Crippen LogP contribution in [0, 0.1) is 24.4 Å². The summed E-state index contributed by atoms with van der Waals surface area (Å²) in [5, 5.41) is 3.39. The van der Waals surface area contributed by atoms with Crippen LogP contribution in [0.2, 0.25) is 0 Å². The summed E-state index contributed by atoms with van der Waals surface area (Å²) in [5.41, 5.74) is 8.53. The van der Waals surface area contributed by atoms with E-state index in [1.165, 1.54) is 25.1 Å². The van der Waals surface area contributed by atoms with Crippen LogP contribution < -0.4 is 20.9 Å². The first kappa shape index (κ1) is 26.1. The highest BCUT2D eigenvalue weighted by Crippen LogP contribution is 2.42. The molecule has 3 aliphatic rings. The molecule has 3 aromatic carbocycles. The Kier molecular flexibility index (Phi) is 6.37. The number of anilines is 2. The van der Waals surface area contributed by atoms with Crippen LogP contribution in [0.3, 0.4) is 0 Å². The fourth-order valence-electron chi connectivity index (χ4n) is 6.12. The van der Waals surface area contributed by atoms with Gasteiger partial charge < -0.3 is 5.43 Å². The van der Waals surface area contributed by atoms with Crippen molar-refractivity contribution in [2.45, 2.75) is 49.7 Å². The number of benzene rings is 3. The van der Waals surface area contributed by atoms with E-state index in [9.17, 15) is 12.8 Å². The first-order valence-corrected chi connectivity index (χ1v) is 14.5. The molecule has 39 heavy (non-hydrogen) atoms. The molecule has 1 aliphatic carbocycles. The number of nitrogens with one attached hydrogen (secondary N) is 4. The highest BCUT2D eigenvalue weighted by atomic mass is 32.2. The van der Waals surface area contributed by atoms with Gasteiger partial charge in [0.05, 0.1) is 28.5 Å². The highest BCUT2D eigenvalue weighted by Gasteiger charge is 2.37. The summed E-state index contributed by atoms with van der Waals surface area (Å²) < 4.78 is 74.8. The van der Waals surface area contributed by atoms with Crippen molar-refractivity contribution in [2.24, 2.45) is 0 Å². The second kappa shape index (κ2) is 9.51. The van der Waals surface area contributed by atoms with Gasteiger partial charge >= 0.3 is 0 Å². The predicted octanol–water partition coefficient (Wildman–Crippen LogP) is 4.76. The highest BCUT2D eigenvalue weighted by molar-refractivity contribution is 7.92. The monoisotopic (exact) mass is 557 g/mol. The summed E-state index contributed by atoms with van der Waals surface area (Å²) in [6.45, 7) is 5.15. The zero-order chi connectivity index (χ0) is 27.6. The number of sulfonamides is 1. The van der Waals surface area contributed by atoms with E-state index in [4.69, 9.17) is 0 Å². The second-order valence-corrected chi connectivity index (χ2v) is 12.3. The molecule has 11 heteroatoms. The van der Waals surface area contributed by atoms with E-state index in [1.807, 2.05) is 14.0 Å². The lowest BCUT2D eigenvalue weighted by molar-refractivity contribution is 0.241. The fourth-order valence-corrected chi connectivity index (χ4v) is 7.55. The van der Waals surface area contributed by atoms with E-state index in [2.05, 4.69) is 25.8 Å². The normalized spacial score (nSPS) is 22.6. The van der Waals surface area contributed by atoms with Gasteiger partial charge in [0.2, 0.25) is 0 Å². The van der Waals surface area contributed by atoms with Crippen molar-refractivity contribution in [3.8, 4) is 11.1 Å². The lowest BCUT2D eigenvalue weighted by Crippen LogP contribution is -2.43. The van der Waals surface area contributed by atoms with Gasteiger partial charge in [0.15, 0.2) is 5.82 Å². The first-order chi connectivity index (χ1) is 18.6. The van der Waals surface area contributed by atoms with Crippen LogP contribution in [0.15, 0.2) is 41.3 Å². The second-order valence-electron chi connectivity index (χ2n) is 10.6. The van der Waals surface area contributed by atoms with E-state index in [0.29, 0.717) is 23.1 Å². The molecule has 6 rings (SSSR count). The molecule has 0 spiro atoms. The van der Waals surface area contributed by atoms with Gasteiger partial charge in [0.1, 0.15) is 11.6 Å². The standard InChI is InChI=1S/C28H30F3N5O2S/c1-14-4-5-17-20(14)12-16(29)13-23(17)39(37,38)35-22-9-8-21(30)24(15(22)2)18-6-7-19-26(25(18)31)33-34-27(19)28-32-10-11-36(28)3/h6-9,12-14,27-28,32-35H,4-5,10-11H2,1-3H3. The predicted molar refractivity (Wildman–Crippen MR) is 144 cm³/mol. The molecule has 1 saturated heterocycles. The Balaban J connectivity index is 1.37. The van der Waals surface area contributed by atoms with Gasteiger partial charge in [-0.25, -0.2) is 27.0 Å². The van der Waals surface area contributed by atoms with Crippen molar-refractivity contribution < 1.29 is 21.6 Å². The zero-order valence-electron chi connectivity index (χ0n) is 21.8. The van der Waals surface area contributed by atoms with Crippen LogP contribution >= 0.6 is 0 Å². The van der Waals surface area contributed by atoms with Crippen molar-refractivity contribution in [2.75, 3.05) is 30.3 Å². The number of rotatable bonds is 5. The molecule has 0 saturated carbocycles. The molecule has 7 nitrogen and oxygen atoms in total. The average Bonchev–Trinajstić information content (AvgIpc) is 3.60. The molecule has 1 fully saturated rings. The molecule has 3 atom stereocenters. The molecule has 4 N–H and O–H groups in total. The minimum Gasteiger partial charge on any atom is -0.318 e. The molecule has 2 aliphatic heterocycles. The van der Waals surface area contributed by atoms with E-state index in [0.717, 1.165) is 31.6 Å². The third kappa shape index (κ3) is 4.28. The quantitative estimate of drug-likeness (QED) is 0.362. The number of likely N-dealkylation sites (N-methyl/N-ethyl adjacent to an activating group) is 1. The molecular formula is C28H30F3N5O2S. The molecule has 0 aromatic heterocycles. The number of hydrogen-bond acceptors (Lipinski definition) is 6. The Morgan fingerprint density at radius 1 is 1.08 bits per heavy atom. The Hall–Kier alpha value is -3.12. The molecule has 2 heterocycles. The van der Waals surface area contributed by atoms with E-state index in [-0.39, 0.29) is 51.1 Å². The maximum atomic E-state index is 15.9. The maximum Gasteiger partial charge on any atom is 0.262 e. The number of fused-ring (bicyclic) bond motifs is 2. The maximum absolute atomic E-state index is 15.9. The lowest BCUT2D eigenvalue weighted by atomic mass is 9.94. The summed E-state index contributed by atoms with van der Waals surface area (Å²) in [6.07, 6.45) is 1.22. The number of halogens is 3. The molecule has 0 radical (unpaired) electrons. The summed E-state index contributed by atoms with van der Waals surface area (Å²) in [7, 11) is -2.22. The van der Waals surface area contributed by atoms with Crippen molar-refractivity contribution >= 4 is 21.4 Å². The fraction of sp³-hybridized carbons (Fsp3) is 0.357. The summed E-state index contributed by atoms with van der Waals surface area (Å²) in [4.78, 5) is 2.01. The Morgan fingerprint density at radius 3 is 2.62 bits per heavy atom. The Morgan fingerprint density at radius 2 is 1.87 bits per heavy atom. The lowest BCUT2D eigenvalue weighted by Gasteiger charge is -2.25. The Bertz CT molecular complexity index is 1600. The van der Waals surface area contributed by atoms with Gasteiger partial charge in [-0.1, -0.05) is 19.1 Å². The van der Waals surface area contributed by atoms with Gasteiger partial charge in [-0.2, -0.15) is 0 Å². The van der Waals surface area contributed by atoms with Crippen molar-refractivity contribution in [3.63, 3.8) is 0 Å². The number of hydrazine groups is 1. The van der Waals surface area contributed by atoms with Gasteiger partial charge in [0.25, 0.3) is 10.0 Å². The third-order valence-electron chi connectivity index (χ3n) is 8.25. The van der Waals surface area contributed by atoms with Crippen molar-refractivity contribution in [1.82, 2.24) is 15.6 Å². The van der Waals surface area contributed by atoms with Gasteiger partial charge in [-0.15, -0.1) is 0 Å². The van der Waals surface area contributed by atoms with Crippen molar-refractivity contribution in [1.29, 1.82) is 0 Å². The van der Waals surface area contributed by atoms with Gasteiger partial charge in [-0.3, -0.25) is 14.9 Å². The molecule has 3 aromatic rings. The van der Waals surface area contributed by atoms with E-state index < -0.39 is 27.5 Å². The van der Waals surface area contributed by atoms with Crippen molar-refractivity contribution in [3.05, 3.63) is 76.1 Å². The molecule has 0 amide bonds. The van der Waals surface area contributed by atoms with Crippen LogP contribution in [0.1, 0.15) is 47.6 Å². The van der Waals surface area contributed by atoms with Crippen LogP contribution in [0.5, 0.6) is 0 Å². The molecule has 206 valence electrons. The van der Waals surface area contributed by atoms with Crippen LogP contribution in [-0.4, -0.2) is 39.6 Å². The number of nitrogens with zero attached hydrogens (tertiary/aromatic N) is 1. The topological polar surface area (TPSA) is 85.5 Å². The molecule has 0 bridgehead atoms. The summed E-state index contributed by atoms with van der Waals surface area (Å²) in [6, 6.07) is 7.88. The first-order valence-electron chi connectivity index (χ1n) is 13.0. The van der Waals surface area contributed by atoms with Crippen LogP contribution in [0.25, 0.3) is 11.1 Å². The third-order valence-corrected chi connectivity index (χ3v) is 9.69. The van der Waals surface area contributed by atoms with Gasteiger partial charge in [0, 0.05) is 29.8 Å². The molecular weight excluding hydrogens is 527 g/mol. The summed E-state index contributed by atoms with van der Waals surface area (Å²) >= 11 is 0. The smallest absolute Gasteiger partial charge is 0.262 e. The minimum absolute atomic E-state index is 0.00737. The minimum atomic E-state index is -4.20. The molecule has 3 unspecified atom stereocenters. The summed E-state index contributed by atoms with van der Waals surface area (Å²) in [5.74, 6) is -1.89. The number of hydrogen-bond donors (Lipinski definition) is 4. The van der Waals surface area contributed by atoms with Crippen LogP contribution in [-0.2, 0) is 16.4 Å². The zero-order valence-corrected chi connectivity index (χ0v) is 22.6. The van der Waals surface area contributed by atoms with E-state index >= 15 is 8.78 Å². The Labute approximate surface area is 225 Å². The van der Waals surface area contributed by atoms with Gasteiger partial charge in [-0.05, 0) is 73.7 Å². The van der Waals surface area contributed by atoms with E-state index in [1.54, 1.807) is 6.07 Å². The average molecular weight is 558 g/mol. The van der Waals surface area contributed by atoms with Crippen LogP contribution in [0.4, 0.5) is 24.5 Å².